The number of ether oxygens (including phenoxy) is 2. The molecule has 1 aromatic carbocycles. The summed E-state index contributed by atoms with van der Waals surface area (Å²) in [6.45, 7) is 9.25. The van der Waals surface area contributed by atoms with Gasteiger partial charge in [0, 0.05) is 6.07 Å². The molecule has 0 unspecified atom stereocenters. The predicted octanol–water partition coefficient (Wildman–Crippen LogP) is 3.95. The third-order valence-electron chi connectivity index (χ3n) is 2.90. The molecule has 0 aliphatic heterocycles. The number of hydrogen-bond donors (Lipinski definition) is 1. The number of carbonyl (C=O) groups excluding carboxylic acids is 1. The van der Waals surface area contributed by atoms with E-state index in [4.69, 9.17) is 15.9 Å². The van der Waals surface area contributed by atoms with Crippen LogP contribution in [0.2, 0.25) is 0 Å². The SMILES string of the molecule is C#CC(C)(C)c1ccc(OC)cc1NC(=O)OC(C)(C)C. The Hall–Kier alpha value is -2.15. The number of benzene rings is 1. The van der Waals surface area contributed by atoms with Crippen LogP contribution in [0.1, 0.15) is 40.2 Å². The molecule has 0 saturated carbocycles. The fourth-order valence-corrected chi connectivity index (χ4v) is 1.79. The van der Waals surface area contributed by atoms with Gasteiger partial charge in [-0.05, 0) is 46.2 Å². The molecule has 0 heterocycles. The summed E-state index contributed by atoms with van der Waals surface area (Å²) in [5, 5.41) is 2.75. The molecular formula is C17H23NO3. The Bertz CT molecular complexity index is 562. The molecule has 0 saturated heterocycles. The molecule has 0 aliphatic carbocycles. The zero-order valence-electron chi connectivity index (χ0n) is 13.5. The molecule has 0 spiro atoms. The number of anilines is 1. The monoisotopic (exact) mass is 289 g/mol. The van der Waals surface area contributed by atoms with E-state index in [1.807, 2.05) is 46.8 Å². The molecule has 0 bridgehead atoms. The van der Waals surface area contributed by atoms with E-state index in [1.165, 1.54) is 0 Å². The van der Waals surface area contributed by atoms with E-state index in [-0.39, 0.29) is 0 Å². The minimum Gasteiger partial charge on any atom is -0.497 e. The summed E-state index contributed by atoms with van der Waals surface area (Å²) in [5.41, 5.74) is 0.338. The van der Waals surface area contributed by atoms with Crippen molar-refractivity contribution in [1.82, 2.24) is 0 Å². The maximum Gasteiger partial charge on any atom is 0.412 e. The number of terminal acetylenes is 1. The van der Waals surface area contributed by atoms with Crippen LogP contribution in [0, 0.1) is 12.3 Å². The van der Waals surface area contributed by atoms with Gasteiger partial charge in [0.2, 0.25) is 0 Å². The third kappa shape index (κ3) is 4.71. The highest BCUT2D eigenvalue weighted by Crippen LogP contribution is 2.32. The van der Waals surface area contributed by atoms with E-state index in [2.05, 4.69) is 11.2 Å². The van der Waals surface area contributed by atoms with Gasteiger partial charge in [-0.2, -0.15) is 0 Å². The summed E-state index contributed by atoms with van der Waals surface area (Å²) < 4.78 is 10.5. The van der Waals surface area contributed by atoms with Crippen LogP contribution in [0.4, 0.5) is 10.5 Å². The van der Waals surface area contributed by atoms with Gasteiger partial charge < -0.3 is 9.47 Å². The van der Waals surface area contributed by atoms with Gasteiger partial charge in [-0.1, -0.05) is 12.0 Å². The van der Waals surface area contributed by atoms with Gasteiger partial charge in [-0.3, -0.25) is 5.32 Å². The van der Waals surface area contributed by atoms with Crippen molar-refractivity contribution in [3.8, 4) is 18.1 Å². The second-order valence-electron chi connectivity index (χ2n) is 6.31. The Morgan fingerprint density at radius 1 is 1.24 bits per heavy atom. The van der Waals surface area contributed by atoms with Crippen LogP contribution in [-0.2, 0) is 10.2 Å². The van der Waals surface area contributed by atoms with Gasteiger partial charge in [0.1, 0.15) is 11.4 Å². The highest BCUT2D eigenvalue weighted by Gasteiger charge is 2.24. The standard InChI is InChI=1S/C17H23NO3/c1-8-17(5,6)13-10-9-12(20-7)11-14(13)18-15(19)21-16(2,3)4/h1,9-11H,2-7H3,(H,18,19). The molecule has 4 nitrogen and oxygen atoms in total. The number of methoxy groups -OCH3 is 1. The van der Waals surface area contributed by atoms with Crippen molar-refractivity contribution in [1.29, 1.82) is 0 Å². The number of amides is 1. The minimum absolute atomic E-state index is 0.517. The lowest BCUT2D eigenvalue weighted by Gasteiger charge is -2.24. The normalized spacial score (nSPS) is 11.5. The Morgan fingerprint density at radius 3 is 2.33 bits per heavy atom. The quantitative estimate of drug-likeness (QED) is 0.857. The summed E-state index contributed by atoms with van der Waals surface area (Å²) in [6.07, 6.45) is 5.06. The lowest BCUT2D eigenvalue weighted by atomic mass is 9.84. The average molecular weight is 289 g/mol. The van der Waals surface area contributed by atoms with Crippen LogP contribution in [-0.4, -0.2) is 18.8 Å². The van der Waals surface area contributed by atoms with Gasteiger partial charge in [-0.25, -0.2) is 4.79 Å². The van der Waals surface area contributed by atoms with Gasteiger partial charge in [0.05, 0.1) is 18.2 Å². The molecule has 0 aromatic heterocycles. The topological polar surface area (TPSA) is 47.6 Å². The first-order valence-corrected chi connectivity index (χ1v) is 6.75. The molecule has 1 rings (SSSR count). The largest absolute Gasteiger partial charge is 0.497 e. The molecule has 0 radical (unpaired) electrons. The zero-order valence-corrected chi connectivity index (χ0v) is 13.5. The summed E-state index contributed by atoms with van der Waals surface area (Å²) in [4.78, 5) is 12.0. The summed E-state index contributed by atoms with van der Waals surface area (Å²) >= 11 is 0. The molecule has 1 aromatic rings. The molecule has 1 amide bonds. The molecule has 1 N–H and O–H groups in total. The molecular weight excluding hydrogens is 266 g/mol. The van der Waals surface area contributed by atoms with E-state index in [9.17, 15) is 4.79 Å². The van der Waals surface area contributed by atoms with Crippen LogP contribution in [0.3, 0.4) is 0 Å². The van der Waals surface area contributed by atoms with Crippen molar-refractivity contribution in [2.45, 2.75) is 45.6 Å². The Kier molecular flexibility index (Phi) is 4.90. The van der Waals surface area contributed by atoms with Crippen molar-refractivity contribution >= 4 is 11.8 Å². The first-order valence-electron chi connectivity index (χ1n) is 6.75. The van der Waals surface area contributed by atoms with Crippen LogP contribution in [0.5, 0.6) is 5.75 Å². The first-order chi connectivity index (χ1) is 9.59. The van der Waals surface area contributed by atoms with Crippen molar-refractivity contribution in [2.24, 2.45) is 0 Å². The number of carbonyl (C=O) groups is 1. The number of hydrogen-bond acceptors (Lipinski definition) is 3. The summed E-state index contributed by atoms with van der Waals surface area (Å²) in [6, 6.07) is 5.40. The highest BCUT2D eigenvalue weighted by molar-refractivity contribution is 5.87. The van der Waals surface area contributed by atoms with Gasteiger partial charge in [0.25, 0.3) is 0 Å². The molecule has 21 heavy (non-hydrogen) atoms. The smallest absolute Gasteiger partial charge is 0.412 e. The maximum atomic E-state index is 12.0. The van der Waals surface area contributed by atoms with Crippen LogP contribution in [0.15, 0.2) is 18.2 Å². The predicted molar refractivity (Wildman–Crippen MR) is 84.7 cm³/mol. The van der Waals surface area contributed by atoms with Crippen molar-refractivity contribution in [2.75, 3.05) is 12.4 Å². The van der Waals surface area contributed by atoms with Gasteiger partial charge in [-0.15, -0.1) is 6.42 Å². The van der Waals surface area contributed by atoms with E-state index in [1.54, 1.807) is 13.2 Å². The molecule has 0 fully saturated rings. The van der Waals surface area contributed by atoms with E-state index >= 15 is 0 Å². The van der Waals surface area contributed by atoms with E-state index < -0.39 is 17.1 Å². The van der Waals surface area contributed by atoms with Crippen LogP contribution in [0.25, 0.3) is 0 Å². The highest BCUT2D eigenvalue weighted by atomic mass is 16.6. The van der Waals surface area contributed by atoms with Crippen LogP contribution < -0.4 is 10.1 Å². The second kappa shape index (κ2) is 6.09. The Morgan fingerprint density at radius 2 is 1.86 bits per heavy atom. The lowest BCUT2D eigenvalue weighted by molar-refractivity contribution is 0.0635. The summed E-state index contributed by atoms with van der Waals surface area (Å²) in [7, 11) is 1.57. The third-order valence-corrected chi connectivity index (χ3v) is 2.90. The average Bonchev–Trinajstić information content (AvgIpc) is 2.36. The van der Waals surface area contributed by atoms with E-state index in [0.717, 1.165) is 5.56 Å². The van der Waals surface area contributed by atoms with Gasteiger partial charge in [0.15, 0.2) is 0 Å². The van der Waals surface area contributed by atoms with Gasteiger partial charge >= 0.3 is 6.09 Å². The second-order valence-corrected chi connectivity index (χ2v) is 6.31. The number of rotatable bonds is 3. The van der Waals surface area contributed by atoms with Crippen molar-refractivity contribution in [3.05, 3.63) is 23.8 Å². The molecule has 0 atom stereocenters. The van der Waals surface area contributed by atoms with Crippen molar-refractivity contribution in [3.63, 3.8) is 0 Å². The Labute approximate surface area is 126 Å². The van der Waals surface area contributed by atoms with E-state index in [0.29, 0.717) is 11.4 Å². The number of nitrogens with one attached hydrogen (secondary N) is 1. The lowest BCUT2D eigenvalue weighted by Crippen LogP contribution is -2.28. The van der Waals surface area contributed by atoms with Crippen LogP contribution >= 0.6 is 0 Å². The summed E-state index contributed by atoms with van der Waals surface area (Å²) in [5.74, 6) is 3.36. The first kappa shape index (κ1) is 16.9. The fourth-order valence-electron chi connectivity index (χ4n) is 1.79. The molecule has 114 valence electrons. The fraction of sp³-hybridized carbons (Fsp3) is 0.471. The zero-order chi connectivity index (χ0) is 16.3. The molecule has 0 aliphatic rings. The maximum absolute atomic E-state index is 12.0. The minimum atomic E-state index is -0.565. The Balaban J connectivity index is 3.14. The van der Waals surface area contributed by atoms with Crippen molar-refractivity contribution < 1.29 is 14.3 Å². The molecule has 4 heteroatoms.